The summed E-state index contributed by atoms with van der Waals surface area (Å²) < 4.78 is 11.3. The minimum absolute atomic E-state index is 0.175. The molecule has 3 aromatic rings. The molecule has 0 fully saturated rings. The van der Waals surface area contributed by atoms with E-state index in [1.165, 1.54) is 0 Å². The molecule has 5 nitrogen and oxygen atoms in total. The fourth-order valence-electron chi connectivity index (χ4n) is 2.72. The van der Waals surface area contributed by atoms with E-state index in [2.05, 4.69) is 29.0 Å². The molecule has 0 aliphatic carbocycles. The molecule has 1 aliphatic rings. The van der Waals surface area contributed by atoms with E-state index in [1.54, 1.807) is 18.3 Å². The van der Waals surface area contributed by atoms with Gasteiger partial charge in [0.2, 0.25) is 11.7 Å². The molecule has 3 heterocycles. The first kappa shape index (κ1) is 15.1. The molecule has 0 N–H and O–H groups in total. The van der Waals surface area contributed by atoms with E-state index in [0.717, 1.165) is 29.5 Å². The Hall–Kier alpha value is -2.40. The second-order valence-electron chi connectivity index (χ2n) is 6.48. The van der Waals surface area contributed by atoms with Crippen molar-refractivity contribution < 1.29 is 9.26 Å². The van der Waals surface area contributed by atoms with Crippen LogP contribution < -0.4 is 4.74 Å². The molecule has 2 aromatic heterocycles. The van der Waals surface area contributed by atoms with Crippen molar-refractivity contribution in [3.8, 4) is 28.7 Å². The molecule has 0 amide bonds. The summed E-state index contributed by atoms with van der Waals surface area (Å²) in [5, 5.41) is 4.67. The average molecular weight is 342 g/mol. The molecule has 0 unspecified atom stereocenters. The van der Waals surface area contributed by atoms with Crippen molar-refractivity contribution in [2.45, 2.75) is 32.3 Å². The highest BCUT2D eigenvalue weighted by Gasteiger charge is 2.28. The van der Waals surface area contributed by atoms with Crippen molar-refractivity contribution in [2.75, 3.05) is 0 Å². The number of halogens is 1. The number of hydrogen-bond acceptors (Lipinski definition) is 5. The van der Waals surface area contributed by atoms with Gasteiger partial charge >= 0.3 is 0 Å². The molecular formula is C18H16ClN3O2. The van der Waals surface area contributed by atoms with Gasteiger partial charge in [0.1, 0.15) is 5.60 Å². The van der Waals surface area contributed by atoms with Crippen LogP contribution >= 0.6 is 11.6 Å². The number of fused-ring (bicyclic) bond motifs is 1. The first-order chi connectivity index (χ1) is 11.5. The Morgan fingerprint density at radius 1 is 1.17 bits per heavy atom. The maximum Gasteiger partial charge on any atom is 0.259 e. The highest BCUT2D eigenvalue weighted by molar-refractivity contribution is 6.30. The third kappa shape index (κ3) is 2.87. The molecular weight excluding hydrogens is 326 g/mol. The molecule has 0 atom stereocenters. The number of aromatic nitrogens is 3. The molecule has 0 saturated heterocycles. The summed E-state index contributed by atoms with van der Waals surface area (Å²) in [7, 11) is 0. The highest BCUT2D eigenvalue weighted by atomic mass is 35.5. The third-order valence-corrected chi connectivity index (χ3v) is 4.29. The molecule has 24 heavy (non-hydrogen) atoms. The Bertz CT molecular complexity index is 905. The summed E-state index contributed by atoms with van der Waals surface area (Å²) in [6.45, 7) is 4.14. The van der Waals surface area contributed by atoms with Crippen molar-refractivity contribution >= 4 is 11.6 Å². The monoisotopic (exact) mass is 341 g/mol. The molecule has 0 bridgehead atoms. The highest BCUT2D eigenvalue weighted by Crippen LogP contribution is 2.33. The van der Waals surface area contributed by atoms with Gasteiger partial charge in [0.15, 0.2) is 0 Å². The van der Waals surface area contributed by atoms with Crippen LogP contribution in [0.2, 0.25) is 5.02 Å². The number of rotatable bonds is 2. The molecule has 1 aliphatic heterocycles. The first-order valence-corrected chi connectivity index (χ1v) is 8.16. The lowest BCUT2D eigenvalue weighted by molar-refractivity contribution is 0.0784. The smallest absolute Gasteiger partial charge is 0.259 e. The molecule has 4 rings (SSSR count). The lowest BCUT2D eigenvalue weighted by Crippen LogP contribution is -2.33. The van der Waals surface area contributed by atoms with Gasteiger partial charge in [0.05, 0.1) is 5.56 Å². The Morgan fingerprint density at radius 2 is 2.04 bits per heavy atom. The maximum absolute atomic E-state index is 6.01. The van der Waals surface area contributed by atoms with Gasteiger partial charge < -0.3 is 9.26 Å². The van der Waals surface area contributed by atoms with E-state index in [1.807, 2.05) is 18.2 Å². The van der Waals surface area contributed by atoms with E-state index < -0.39 is 0 Å². The predicted octanol–water partition coefficient (Wildman–Crippen LogP) is 4.56. The average Bonchev–Trinajstić information content (AvgIpc) is 3.04. The number of hydrogen-bond donors (Lipinski definition) is 0. The largest absolute Gasteiger partial charge is 0.471 e. The minimum atomic E-state index is -0.175. The Kier molecular flexibility index (Phi) is 3.53. The molecule has 6 heteroatoms. The van der Waals surface area contributed by atoms with Crippen LogP contribution in [0.4, 0.5) is 0 Å². The molecule has 1 aromatic carbocycles. The van der Waals surface area contributed by atoms with Crippen molar-refractivity contribution in [1.82, 2.24) is 15.1 Å². The van der Waals surface area contributed by atoms with Crippen molar-refractivity contribution in [3.05, 3.63) is 47.1 Å². The van der Waals surface area contributed by atoms with E-state index in [0.29, 0.717) is 22.6 Å². The topological polar surface area (TPSA) is 61.0 Å². The van der Waals surface area contributed by atoms with Crippen LogP contribution in [0.1, 0.15) is 25.8 Å². The standard InChI is InChI=1S/C18H16ClN3O2/c1-18(2)7-6-12-8-13(10-20-16(12)23-18)17-21-15(22-24-17)11-4-3-5-14(19)9-11/h3-5,8-10H,6-7H2,1-2H3. The Labute approximate surface area is 144 Å². The quantitative estimate of drug-likeness (QED) is 0.684. The lowest BCUT2D eigenvalue weighted by Gasteiger charge is -2.31. The minimum Gasteiger partial charge on any atom is -0.471 e. The summed E-state index contributed by atoms with van der Waals surface area (Å²) in [5.74, 6) is 1.62. The van der Waals surface area contributed by atoms with Gasteiger partial charge in [0, 0.05) is 22.3 Å². The van der Waals surface area contributed by atoms with Gasteiger partial charge in [-0.25, -0.2) is 4.98 Å². The van der Waals surface area contributed by atoms with Crippen molar-refractivity contribution in [1.29, 1.82) is 0 Å². The number of aryl methyl sites for hydroxylation is 1. The summed E-state index contributed by atoms with van der Waals surface area (Å²) >= 11 is 6.01. The fourth-order valence-corrected chi connectivity index (χ4v) is 2.91. The zero-order chi connectivity index (χ0) is 16.7. The van der Waals surface area contributed by atoms with Gasteiger partial charge in [-0.15, -0.1) is 0 Å². The zero-order valence-corrected chi connectivity index (χ0v) is 14.2. The van der Waals surface area contributed by atoms with Crippen LogP contribution in [0.25, 0.3) is 22.8 Å². The summed E-state index contributed by atoms with van der Waals surface area (Å²) in [6.07, 6.45) is 3.57. The van der Waals surface area contributed by atoms with Crippen LogP contribution in [0, 0.1) is 0 Å². The van der Waals surface area contributed by atoms with Gasteiger partial charge in [-0.05, 0) is 44.9 Å². The Morgan fingerprint density at radius 3 is 2.88 bits per heavy atom. The second-order valence-corrected chi connectivity index (χ2v) is 6.92. The number of benzene rings is 1. The lowest BCUT2D eigenvalue weighted by atomic mass is 9.95. The van der Waals surface area contributed by atoms with Crippen LogP contribution in [0.5, 0.6) is 5.88 Å². The van der Waals surface area contributed by atoms with Gasteiger partial charge in [-0.2, -0.15) is 4.98 Å². The van der Waals surface area contributed by atoms with E-state index in [4.69, 9.17) is 20.9 Å². The second kappa shape index (κ2) is 5.60. The maximum atomic E-state index is 6.01. The van der Waals surface area contributed by atoms with E-state index >= 15 is 0 Å². The molecule has 0 radical (unpaired) electrons. The SMILES string of the molecule is CC1(C)CCc2cc(-c3nc(-c4cccc(Cl)c4)no3)cnc2O1. The molecule has 122 valence electrons. The first-order valence-electron chi connectivity index (χ1n) is 7.78. The molecule has 0 spiro atoms. The summed E-state index contributed by atoms with van der Waals surface area (Å²) in [6, 6.07) is 9.36. The van der Waals surface area contributed by atoms with Gasteiger partial charge in [-0.3, -0.25) is 0 Å². The summed E-state index contributed by atoms with van der Waals surface area (Å²) in [4.78, 5) is 8.87. The van der Waals surface area contributed by atoms with Crippen LogP contribution in [-0.4, -0.2) is 20.7 Å². The van der Waals surface area contributed by atoms with Crippen molar-refractivity contribution in [3.63, 3.8) is 0 Å². The number of ether oxygens (including phenoxy) is 1. The predicted molar refractivity (Wildman–Crippen MR) is 91.0 cm³/mol. The van der Waals surface area contributed by atoms with Gasteiger partial charge in [-0.1, -0.05) is 28.9 Å². The Balaban J connectivity index is 1.66. The number of nitrogens with zero attached hydrogens (tertiary/aromatic N) is 3. The van der Waals surface area contributed by atoms with Gasteiger partial charge in [0.25, 0.3) is 5.89 Å². The fraction of sp³-hybridized carbons (Fsp3) is 0.278. The summed E-state index contributed by atoms with van der Waals surface area (Å²) in [5.41, 5.74) is 2.49. The van der Waals surface area contributed by atoms with Crippen LogP contribution in [0.3, 0.4) is 0 Å². The van der Waals surface area contributed by atoms with Crippen LogP contribution in [0.15, 0.2) is 41.1 Å². The van der Waals surface area contributed by atoms with E-state index in [9.17, 15) is 0 Å². The molecule has 0 saturated carbocycles. The normalized spacial score (nSPS) is 15.6. The zero-order valence-electron chi connectivity index (χ0n) is 13.4. The van der Waals surface area contributed by atoms with Crippen LogP contribution in [-0.2, 0) is 6.42 Å². The van der Waals surface area contributed by atoms with Crippen molar-refractivity contribution in [2.24, 2.45) is 0 Å². The third-order valence-electron chi connectivity index (χ3n) is 4.05. The van der Waals surface area contributed by atoms with E-state index in [-0.39, 0.29) is 5.60 Å². The number of pyridine rings is 1.